The van der Waals surface area contributed by atoms with Crippen molar-refractivity contribution in [3.8, 4) is 11.5 Å². The maximum Gasteiger partial charge on any atom is 0.332 e. The van der Waals surface area contributed by atoms with Gasteiger partial charge in [0.05, 0.1) is 6.54 Å². The van der Waals surface area contributed by atoms with Crippen molar-refractivity contribution >= 4 is 17.6 Å². The highest BCUT2D eigenvalue weighted by Gasteiger charge is 2.53. The number of ether oxygens (including phenoxy) is 1. The fraction of sp³-hybridized carbons (Fsp3) is 0.167. The molecule has 0 aliphatic carbocycles. The second kappa shape index (κ2) is 7.83. The van der Waals surface area contributed by atoms with Gasteiger partial charge in [-0.1, -0.05) is 42.5 Å². The molecule has 1 heterocycles. The number of benzene rings is 3. The number of para-hydroxylation sites is 3. The molecule has 0 N–H and O–H groups in total. The average molecular weight is 422 g/mol. The van der Waals surface area contributed by atoms with Crippen LogP contribution in [0.15, 0.2) is 72.8 Å². The van der Waals surface area contributed by atoms with E-state index in [0.29, 0.717) is 22.0 Å². The van der Waals surface area contributed by atoms with Crippen molar-refractivity contribution in [2.45, 2.75) is 25.9 Å². The molecule has 0 unspecified atom stereocenters. The van der Waals surface area contributed by atoms with Crippen molar-refractivity contribution in [1.29, 1.82) is 0 Å². The van der Waals surface area contributed by atoms with Crippen LogP contribution in [0.1, 0.15) is 19.4 Å². The second-order valence-electron chi connectivity index (χ2n) is 7.66. The molecule has 0 atom stereocenters. The van der Waals surface area contributed by atoms with Gasteiger partial charge >= 0.3 is 6.03 Å². The van der Waals surface area contributed by atoms with Crippen molar-refractivity contribution in [3.05, 3.63) is 90.0 Å². The standard InChI is InChI=1S/C24H20F2N2O3/c1-24(2)22(29)28(21-18(25)12-8-13-19(21)26)23(30)27(24)15-16-9-6-7-14-20(16)31-17-10-4-3-5-11-17/h3-14H,15H2,1-2H3. The molecular weight excluding hydrogens is 402 g/mol. The quantitative estimate of drug-likeness (QED) is 0.510. The van der Waals surface area contributed by atoms with Crippen molar-refractivity contribution in [2.75, 3.05) is 4.90 Å². The van der Waals surface area contributed by atoms with Gasteiger partial charge in [-0.05, 0) is 44.2 Å². The van der Waals surface area contributed by atoms with Gasteiger partial charge in [0.15, 0.2) is 0 Å². The molecule has 0 saturated carbocycles. The van der Waals surface area contributed by atoms with Gasteiger partial charge in [0.2, 0.25) is 0 Å². The van der Waals surface area contributed by atoms with Gasteiger partial charge in [0.1, 0.15) is 34.4 Å². The lowest BCUT2D eigenvalue weighted by molar-refractivity contribution is -0.123. The van der Waals surface area contributed by atoms with Gasteiger partial charge in [0, 0.05) is 5.56 Å². The van der Waals surface area contributed by atoms with Gasteiger partial charge < -0.3 is 9.64 Å². The number of anilines is 1. The summed E-state index contributed by atoms with van der Waals surface area (Å²) in [6.45, 7) is 3.12. The number of rotatable bonds is 5. The third-order valence-corrected chi connectivity index (χ3v) is 5.26. The number of nitrogens with zero attached hydrogens (tertiary/aromatic N) is 2. The number of hydrogen-bond donors (Lipinski definition) is 0. The van der Waals surface area contributed by atoms with Crippen LogP contribution in [0.3, 0.4) is 0 Å². The van der Waals surface area contributed by atoms with Crippen LogP contribution >= 0.6 is 0 Å². The van der Waals surface area contributed by atoms with Crippen LogP contribution in [-0.4, -0.2) is 22.4 Å². The molecule has 7 heteroatoms. The Morgan fingerprint density at radius 1 is 0.839 bits per heavy atom. The molecule has 1 saturated heterocycles. The summed E-state index contributed by atoms with van der Waals surface area (Å²) in [6, 6.07) is 18.7. The summed E-state index contributed by atoms with van der Waals surface area (Å²) in [6.07, 6.45) is 0. The zero-order chi connectivity index (χ0) is 22.2. The van der Waals surface area contributed by atoms with E-state index in [0.717, 1.165) is 12.1 Å². The van der Waals surface area contributed by atoms with E-state index in [1.807, 2.05) is 18.2 Å². The monoisotopic (exact) mass is 422 g/mol. The molecule has 0 radical (unpaired) electrons. The minimum Gasteiger partial charge on any atom is -0.457 e. The average Bonchev–Trinajstić information content (AvgIpc) is 2.90. The molecule has 1 fully saturated rings. The predicted molar refractivity (Wildman–Crippen MR) is 112 cm³/mol. The van der Waals surface area contributed by atoms with Gasteiger partial charge in [-0.2, -0.15) is 0 Å². The third kappa shape index (κ3) is 3.63. The zero-order valence-corrected chi connectivity index (χ0v) is 17.0. The first kappa shape index (κ1) is 20.5. The molecule has 4 rings (SSSR count). The Kier molecular flexibility index (Phi) is 5.19. The molecule has 3 aromatic rings. The summed E-state index contributed by atoms with van der Waals surface area (Å²) in [5.74, 6) is -1.53. The minimum atomic E-state index is -1.31. The maximum atomic E-state index is 14.3. The molecule has 5 nitrogen and oxygen atoms in total. The molecule has 3 aromatic carbocycles. The number of imide groups is 1. The number of urea groups is 1. The molecule has 3 amide bonds. The number of hydrogen-bond acceptors (Lipinski definition) is 3. The van der Waals surface area contributed by atoms with Crippen LogP contribution in [0.25, 0.3) is 0 Å². The lowest BCUT2D eigenvalue weighted by Gasteiger charge is -2.28. The summed E-state index contributed by atoms with van der Waals surface area (Å²) < 4.78 is 34.6. The van der Waals surface area contributed by atoms with Gasteiger partial charge in [-0.25, -0.2) is 18.5 Å². The smallest absolute Gasteiger partial charge is 0.332 e. The third-order valence-electron chi connectivity index (χ3n) is 5.26. The van der Waals surface area contributed by atoms with E-state index in [-0.39, 0.29) is 6.54 Å². The molecule has 1 aliphatic heterocycles. The molecule has 158 valence electrons. The van der Waals surface area contributed by atoms with Crippen LogP contribution in [0.2, 0.25) is 0 Å². The summed E-state index contributed by atoms with van der Waals surface area (Å²) in [5, 5.41) is 0. The van der Waals surface area contributed by atoms with Crippen molar-refractivity contribution < 1.29 is 23.1 Å². The summed E-state index contributed by atoms with van der Waals surface area (Å²) in [7, 11) is 0. The first-order valence-electron chi connectivity index (χ1n) is 9.71. The zero-order valence-electron chi connectivity index (χ0n) is 17.0. The molecular formula is C24H20F2N2O3. The Balaban J connectivity index is 1.68. The SMILES string of the molecule is CC1(C)C(=O)N(c2c(F)cccc2F)C(=O)N1Cc1ccccc1Oc1ccccc1. The lowest BCUT2D eigenvalue weighted by Crippen LogP contribution is -2.43. The Morgan fingerprint density at radius 2 is 1.45 bits per heavy atom. The fourth-order valence-corrected chi connectivity index (χ4v) is 3.52. The minimum absolute atomic E-state index is 0.0210. The lowest BCUT2D eigenvalue weighted by atomic mass is 10.0. The molecule has 0 bridgehead atoms. The normalized spacial score (nSPS) is 15.5. The van der Waals surface area contributed by atoms with Crippen LogP contribution < -0.4 is 9.64 Å². The molecule has 1 aliphatic rings. The Hall–Kier alpha value is -3.74. The van der Waals surface area contributed by atoms with Crippen LogP contribution in [0, 0.1) is 11.6 Å². The number of halogens is 2. The number of carbonyl (C=O) groups is 2. The predicted octanol–water partition coefficient (Wildman–Crippen LogP) is 5.50. The van der Waals surface area contributed by atoms with Crippen molar-refractivity contribution in [1.82, 2.24) is 4.90 Å². The van der Waals surface area contributed by atoms with Crippen molar-refractivity contribution in [3.63, 3.8) is 0 Å². The molecule has 0 spiro atoms. The summed E-state index contributed by atoms with van der Waals surface area (Å²) in [4.78, 5) is 28.0. The van der Waals surface area contributed by atoms with Gasteiger partial charge in [-0.15, -0.1) is 0 Å². The van der Waals surface area contributed by atoms with E-state index in [1.54, 1.807) is 50.2 Å². The Bertz CT molecular complexity index is 1130. The van der Waals surface area contributed by atoms with Crippen LogP contribution in [-0.2, 0) is 11.3 Å². The fourth-order valence-electron chi connectivity index (χ4n) is 3.52. The highest BCUT2D eigenvalue weighted by atomic mass is 19.1. The first-order valence-corrected chi connectivity index (χ1v) is 9.71. The highest BCUT2D eigenvalue weighted by molar-refractivity contribution is 6.23. The van der Waals surface area contributed by atoms with E-state index in [4.69, 9.17) is 4.74 Å². The van der Waals surface area contributed by atoms with Crippen LogP contribution in [0.4, 0.5) is 19.3 Å². The largest absolute Gasteiger partial charge is 0.457 e. The number of amides is 3. The van der Waals surface area contributed by atoms with E-state index in [2.05, 4.69) is 0 Å². The van der Waals surface area contributed by atoms with Crippen molar-refractivity contribution in [2.24, 2.45) is 0 Å². The number of carbonyl (C=O) groups excluding carboxylic acids is 2. The van der Waals surface area contributed by atoms with E-state index >= 15 is 0 Å². The first-order chi connectivity index (χ1) is 14.8. The molecule has 31 heavy (non-hydrogen) atoms. The summed E-state index contributed by atoms with van der Waals surface area (Å²) >= 11 is 0. The molecule has 0 aromatic heterocycles. The summed E-state index contributed by atoms with van der Waals surface area (Å²) in [5.41, 5.74) is -1.33. The van der Waals surface area contributed by atoms with E-state index in [1.165, 1.54) is 11.0 Å². The topological polar surface area (TPSA) is 49.9 Å². The Labute approximate surface area is 178 Å². The van der Waals surface area contributed by atoms with Crippen LogP contribution in [0.5, 0.6) is 11.5 Å². The maximum absolute atomic E-state index is 14.3. The highest BCUT2D eigenvalue weighted by Crippen LogP contribution is 2.37. The van der Waals surface area contributed by atoms with E-state index in [9.17, 15) is 18.4 Å². The Morgan fingerprint density at radius 3 is 2.13 bits per heavy atom. The van der Waals surface area contributed by atoms with Gasteiger partial charge in [0.25, 0.3) is 5.91 Å². The van der Waals surface area contributed by atoms with Gasteiger partial charge in [-0.3, -0.25) is 4.79 Å². The van der Waals surface area contributed by atoms with E-state index < -0.39 is 34.8 Å². The second-order valence-corrected chi connectivity index (χ2v) is 7.66.